The Labute approximate surface area is 130 Å². The highest BCUT2D eigenvalue weighted by Gasteiger charge is 2.17. The molecular weight excluding hydrogens is 304 g/mol. The van der Waals surface area contributed by atoms with Gasteiger partial charge in [-0.15, -0.1) is 10.2 Å². The van der Waals surface area contributed by atoms with E-state index < -0.39 is 12.3 Å². The third-order valence-corrected chi connectivity index (χ3v) is 3.16. The SMILES string of the molecule is CN(Cc1ncc(-c2nnc(C(F)F)o2)cn1)c1ccccc1. The van der Waals surface area contributed by atoms with Crippen LogP contribution < -0.4 is 4.90 Å². The molecule has 2 heterocycles. The molecule has 0 atom stereocenters. The fraction of sp³-hybridized carbons (Fsp3) is 0.200. The first-order chi connectivity index (χ1) is 11.1. The molecule has 0 fully saturated rings. The zero-order chi connectivity index (χ0) is 16.2. The lowest BCUT2D eigenvalue weighted by Crippen LogP contribution is -2.18. The molecule has 0 bridgehead atoms. The number of hydrogen-bond donors (Lipinski definition) is 0. The second-order valence-corrected chi connectivity index (χ2v) is 4.83. The number of anilines is 1. The molecule has 0 spiro atoms. The van der Waals surface area contributed by atoms with Crippen molar-refractivity contribution >= 4 is 5.69 Å². The van der Waals surface area contributed by atoms with Gasteiger partial charge >= 0.3 is 6.43 Å². The second kappa shape index (κ2) is 6.47. The number of hydrogen-bond acceptors (Lipinski definition) is 6. The minimum atomic E-state index is -2.80. The third-order valence-electron chi connectivity index (χ3n) is 3.16. The van der Waals surface area contributed by atoms with Crippen molar-refractivity contribution in [1.82, 2.24) is 20.2 Å². The summed E-state index contributed by atoms with van der Waals surface area (Å²) in [5.74, 6) is -0.148. The van der Waals surface area contributed by atoms with Crippen molar-refractivity contribution in [3.8, 4) is 11.5 Å². The van der Waals surface area contributed by atoms with Gasteiger partial charge in [0.15, 0.2) is 0 Å². The van der Waals surface area contributed by atoms with E-state index in [2.05, 4.69) is 20.2 Å². The molecule has 118 valence electrons. The molecule has 0 amide bonds. The molecule has 0 aliphatic heterocycles. The third kappa shape index (κ3) is 3.47. The van der Waals surface area contributed by atoms with Gasteiger partial charge in [-0.05, 0) is 12.1 Å². The lowest BCUT2D eigenvalue weighted by molar-refractivity contribution is 0.116. The first-order valence-electron chi connectivity index (χ1n) is 6.82. The fourth-order valence-corrected chi connectivity index (χ4v) is 1.97. The van der Waals surface area contributed by atoms with Gasteiger partial charge in [0.25, 0.3) is 11.8 Å². The molecule has 23 heavy (non-hydrogen) atoms. The summed E-state index contributed by atoms with van der Waals surface area (Å²) in [6, 6.07) is 9.82. The average Bonchev–Trinajstić information content (AvgIpc) is 3.07. The average molecular weight is 317 g/mol. The molecule has 3 aromatic rings. The van der Waals surface area contributed by atoms with Gasteiger partial charge in [-0.25, -0.2) is 9.97 Å². The number of para-hydroxylation sites is 1. The van der Waals surface area contributed by atoms with Crippen molar-refractivity contribution in [3.63, 3.8) is 0 Å². The van der Waals surface area contributed by atoms with E-state index in [4.69, 9.17) is 4.42 Å². The maximum atomic E-state index is 12.4. The first kappa shape index (κ1) is 15.0. The molecule has 3 rings (SSSR count). The van der Waals surface area contributed by atoms with E-state index in [-0.39, 0.29) is 5.89 Å². The van der Waals surface area contributed by atoms with E-state index >= 15 is 0 Å². The molecule has 0 saturated carbocycles. The summed E-state index contributed by atoms with van der Waals surface area (Å²) in [5, 5.41) is 6.83. The highest BCUT2D eigenvalue weighted by atomic mass is 19.3. The Balaban J connectivity index is 1.71. The Hall–Kier alpha value is -2.90. The summed E-state index contributed by atoms with van der Waals surface area (Å²) >= 11 is 0. The van der Waals surface area contributed by atoms with E-state index in [9.17, 15) is 8.78 Å². The number of nitrogens with zero attached hydrogens (tertiary/aromatic N) is 5. The molecule has 8 heteroatoms. The van der Waals surface area contributed by atoms with E-state index in [1.54, 1.807) is 0 Å². The zero-order valence-corrected chi connectivity index (χ0v) is 12.2. The van der Waals surface area contributed by atoms with Gasteiger partial charge in [-0.1, -0.05) is 18.2 Å². The summed E-state index contributed by atoms with van der Waals surface area (Å²) in [5.41, 5.74) is 1.44. The van der Waals surface area contributed by atoms with Crippen molar-refractivity contribution in [2.75, 3.05) is 11.9 Å². The summed E-state index contributed by atoms with van der Waals surface area (Å²) in [4.78, 5) is 10.4. The Morgan fingerprint density at radius 1 is 1.09 bits per heavy atom. The minimum Gasteiger partial charge on any atom is -0.415 e. The first-order valence-corrected chi connectivity index (χ1v) is 6.82. The zero-order valence-electron chi connectivity index (χ0n) is 12.2. The van der Waals surface area contributed by atoms with Gasteiger partial charge in [0.1, 0.15) is 5.82 Å². The standard InChI is InChI=1S/C15H13F2N5O/c1-22(11-5-3-2-4-6-11)9-12-18-7-10(8-19-12)14-20-21-15(23-14)13(16)17/h2-8,13H,9H2,1H3. The van der Waals surface area contributed by atoms with Crippen LogP contribution in [0.4, 0.5) is 14.5 Å². The lowest BCUT2D eigenvalue weighted by Gasteiger charge is -2.17. The molecule has 0 aliphatic carbocycles. The fourth-order valence-electron chi connectivity index (χ4n) is 1.97. The maximum Gasteiger partial charge on any atom is 0.314 e. The van der Waals surface area contributed by atoms with Crippen molar-refractivity contribution < 1.29 is 13.2 Å². The summed E-state index contributed by atoms with van der Waals surface area (Å²) in [6.07, 6.45) is 0.157. The van der Waals surface area contributed by atoms with Crippen molar-refractivity contribution in [1.29, 1.82) is 0 Å². The molecule has 2 aromatic heterocycles. The summed E-state index contributed by atoms with van der Waals surface area (Å²) < 4.78 is 29.7. The predicted octanol–water partition coefficient (Wildman–Crippen LogP) is 3.10. The van der Waals surface area contributed by atoms with Crippen molar-refractivity contribution in [3.05, 3.63) is 54.4 Å². The number of halogens is 2. The monoisotopic (exact) mass is 317 g/mol. The van der Waals surface area contributed by atoms with Crippen LogP contribution in [0.3, 0.4) is 0 Å². The Bertz CT molecular complexity index is 761. The molecular formula is C15H13F2N5O. The van der Waals surface area contributed by atoms with Crippen LogP contribution in [0.15, 0.2) is 47.1 Å². The molecule has 1 aromatic carbocycles. The number of benzene rings is 1. The van der Waals surface area contributed by atoms with Crippen LogP contribution in [0.2, 0.25) is 0 Å². The van der Waals surface area contributed by atoms with Gasteiger partial charge in [0, 0.05) is 25.1 Å². The van der Waals surface area contributed by atoms with Crippen LogP contribution >= 0.6 is 0 Å². The largest absolute Gasteiger partial charge is 0.415 e. The quantitative estimate of drug-likeness (QED) is 0.720. The lowest BCUT2D eigenvalue weighted by atomic mass is 10.3. The van der Waals surface area contributed by atoms with Gasteiger partial charge in [0.05, 0.1) is 12.1 Å². The van der Waals surface area contributed by atoms with Crippen LogP contribution in [0.1, 0.15) is 18.1 Å². The molecule has 0 saturated heterocycles. The highest BCUT2D eigenvalue weighted by molar-refractivity contribution is 5.49. The van der Waals surface area contributed by atoms with Gasteiger partial charge in [-0.2, -0.15) is 8.78 Å². The topological polar surface area (TPSA) is 67.9 Å². The summed E-state index contributed by atoms with van der Waals surface area (Å²) in [7, 11) is 1.93. The number of aromatic nitrogens is 4. The molecule has 6 nitrogen and oxygen atoms in total. The van der Waals surface area contributed by atoms with Gasteiger partial charge in [0.2, 0.25) is 0 Å². The highest BCUT2D eigenvalue weighted by Crippen LogP contribution is 2.22. The van der Waals surface area contributed by atoms with Crippen LogP contribution in [0, 0.1) is 0 Å². The van der Waals surface area contributed by atoms with Crippen molar-refractivity contribution in [2.24, 2.45) is 0 Å². The maximum absolute atomic E-state index is 12.4. The van der Waals surface area contributed by atoms with Crippen LogP contribution in [-0.4, -0.2) is 27.2 Å². The van der Waals surface area contributed by atoms with Crippen molar-refractivity contribution in [2.45, 2.75) is 13.0 Å². The van der Waals surface area contributed by atoms with E-state index in [0.29, 0.717) is 17.9 Å². The number of alkyl halides is 2. The summed E-state index contributed by atoms with van der Waals surface area (Å²) in [6.45, 7) is 0.510. The van der Waals surface area contributed by atoms with Crippen LogP contribution in [0.5, 0.6) is 0 Å². The second-order valence-electron chi connectivity index (χ2n) is 4.83. The van der Waals surface area contributed by atoms with Gasteiger partial charge in [-0.3, -0.25) is 0 Å². The van der Waals surface area contributed by atoms with Crippen LogP contribution in [0.25, 0.3) is 11.5 Å². The van der Waals surface area contributed by atoms with E-state index in [1.807, 2.05) is 42.3 Å². The van der Waals surface area contributed by atoms with E-state index in [0.717, 1.165) is 5.69 Å². The Morgan fingerprint density at radius 2 is 1.78 bits per heavy atom. The minimum absolute atomic E-state index is 0.0248. The number of rotatable bonds is 5. The Morgan fingerprint density at radius 3 is 2.39 bits per heavy atom. The molecule has 0 aliphatic rings. The Kier molecular flexibility index (Phi) is 4.22. The van der Waals surface area contributed by atoms with Crippen LogP contribution in [-0.2, 0) is 6.54 Å². The van der Waals surface area contributed by atoms with E-state index in [1.165, 1.54) is 12.4 Å². The normalized spacial score (nSPS) is 11.0. The van der Waals surface area contributed by atoms with Gasteiger partial charge < -0.3 is 9.32 Å². The molecule has 0 unspecified atom stereocenters. The molecule has 0 N–H and O–H groups in total. The molecule has 0 radical (unpaired) electrons. The smallest absolute Gasteiger partial charge is 0.314 e. The predicted molar refractivity (Wildman–Crippen MR) is 78.8 cm³/mol.